The Morgan fingerprint density at radius 3 is 1.90 bits per heavy atom. The van der Waals surface area contributed by atoms with Crippen LogP contribution in [-0.4, -0.2) is 36.5 Å². The van der Waals surface area contributed by atoms with Gasteiger partial charge in [-0.3, -0.25) is 0 Å². The van der Waals surface area contributed by atoms with Crippen LogP contribution in [0.2, 0.25) is 0 Å². The van der Waals surface area contributed by atoms with Crippen LogP contribution in [0.1, 0.15) is 6.42 Å². The van der Waals surface area contributed by atoms with Crippen LogP contribution in [0.4, 0.5) is 0 Å². The van der Waals surface area contributed by atoms with E-state index in [1.165, 1.54) is 0 Å². The van der Waals surface area contributed by atoms with E-state index < -0.39 is 0 Å². The number of aliphatic hydroxyl groups excluding tert-OH is 2. The van der Waals surface area contributed by atoms with Crippen molar-refractivity contribution in [1.82, 2.24) is 5.32 Å². The first-order valence-electron chi connectivity index (χ1n) is 3.71. The highest BCUT2D eigenvalue weighted by Gasteiger charge is 2.69. The van der Waals surface area contributed by atoms with Gasteiger partial charge in [0.1, 0.15) is 0 Å². The first kappa shape index (κ1) is 6.58. The average Bonchev–Trinajstić information content (AvgIpc) is 2.51. The van der Waals surface area contributed by atoms with E-state index in [0.717, 1.165) is 19.5 Å². The van der Waals surface area contributed by atoms with E-state index in [4.69, 9.17) is 10.2 Å². The van der Waals surface area contributed by atoms with E-state index in [9.17, 15) is 0 Å². The summed E-state index contributed by atoms with van der Waals surface area (Å²) in [7, 11) is 0. The zero-order valence-electron chi connectivity index (χ0n) is 5.93. The molecule has 0 aromatic rings. The topological polar surface area (TPSA) is 52.5 Å². The van der Waals surface area contributed by atoms with Gasteiger partial charge in [-0.25, -0.2) is 0 Å². The zero-order valence-corrected chi connectivity index (χ0v) is 5.93. The minimum Gasteiger partial charge on any atom is -0.396 e. The molecule has 1 aliphatic heterocycles. The van der Waals surface area contributed by atoms with Crippen molar-refractivity contribution in [3.05, 3.63) is 0 Å². The average molecular weight is 143 g/mol. The van der Waals surface area contributed by atoms with E-state index in [2.05, 4.69) is 5.32 Å². The van der Waals surface area contributed by atoms with E-state index >= 15 is 0 Å². The number of hydrogen-bond acceptors (Lipinski definition) is 3. The van der Waals surface area contributed by atoms with Crippen LogP contribution in [0.15, 0.2) is 0 Å². The molecule has 2 atom stereocenters. The van der Waals surface area contributed by atoms with Gasteiger partial charge in [-0.05, 0) is 6.42 Å². The Bertz CT molecular complexity index is 146. The third-order valence-electron chi connectivity index (χ3n) is 3.21. The Labute approximate surface area is 60.1 Å². The third-order valence-corrected chi connectivity index (χ3v) is 3.21. The molecule has 10 heavy (non-hydrogen) atoms. The second kappa shape index (κ2) is 1.72. The van der Waals surface area contributed by atoms with Gasteiger partial charge in [0, 0.05) is 23.9 Å². The number of hydrogen-bond donors (Lipinski definition) is 3. The standard InChI is InChI=1S/C7H13NO2/c9-4-6-1-7(6,5-10)3-8-2-6/h8-10H,1-5H2/t6-,7+. The zero-order chi connectivity index (χ0) is 7.24. The van der Waals surface area contributed by atoms with Crippen molar-refractivity contribution in [2.45, 2.75) is 6.42 Å². The number of aliphatic hydroxyl groups is 2. The molecule has 1 heterocycles. The summed E-state index contributed by atoms with van der Waals surface area (Å²) in [6.07, 6.45) is 1.00. The van der Waals surface area contributed by atoms with E-state index in [-0.39, 0.29) is 24.0 Å². The Morgan fingerprint density at radius 2 is 1.60 bits per heavy atom. The maximum absolute atomic E-state index is 9.01. The van der Waals surface area contributed by atoms with Crippen molar-refractivity contribution < 1.29 is 10.2 Å². The number of piperidine rings is 1. The van der Waals surface area contributed by atoms with Crippen LogP contribution in [0.25, 0.3) is 0 Å². The maximum atomic E-state index is 9.01. The van der Waals surface area contributed by atoms with Crippen LogP contribution < -0.4 is 5.32 Å². The summed E-state index contributed by atoms with van der Waals surface area (Å²) in [5.74, 6) is 0. The maximum Gasteiger partial charge on any atom is 0.0506 e. The van der Waals surface area contributed by atoms with Gasteiger partial charge in [0.05, 0.1) is 13.2 Å². The normalized spacial score (nSPS) is 51.0. The quantitative estimate of drug-likeness (QED) is 0.462. The molecule has 0 amide bonds. The predicted octanol–water partition coefficient (Wildman–Crippen LogP) is -1.05. The fourth-order valence-electron chi connectivity index (χ4n) is 2.20. The van der Waals surface area contributed by atoms with Gasteiger partial charge in [0.15, 0.2) is 0 Å². The summed E-state index contributed by atoms with van der Waals surface area (Å²) in [4.78, 5) is 0. The lowest BCUT2D eigenvalue weighted by atomic mass is 9.98. The van der Waals surface area contributed by atoms with Gasteiger partial charge in [-0.2, -0.15) is 0 Å². The molecule has 2 rings (SSSR count). The first-order valence-corrected chi connectivity index (χ1v) is 3.71. The highest BCUT2D eigenvalue weighted by atomic mass is 16.3. The van der Waals surface area contributed by atoms with Gasteiger partial charge in [-0.1, -0.05) is 0 Å². The van der Waals surface area contributed by atoms with Gasteiger partial charge in [0.25, 0.3) is 0 Å². The highest BCUT2D eigenvalue weighted by Crippen LogP contribution is 2.65. The summed E-state index contributed by atoms with van der Waals surface area (Å²) >= 11 is 0. The lowest BCUT2D eigenvalue weighted by Gasteiger charge is -2.10. The predicted molar refractivity (Wildman–Crippen MR) is 36.5 cm³/mol. The van der Waals surface area contributed by atoms with Crippen molar-refractivity contribution in [2.75, 3.05) is 26.3 Å². The summed E-state index contributed by atoms with van der Waals surface area (Å²) in [5.41, 5.74) is 0.0868. The van der Waals surface area contributed by atoms with Crippen LogP contribution in [0.3, 0.4) is 0 Å². The molecular weight excluding hydrogens is 130 g/mol. The fourth-order valence-corrected chi connectivity index (χ4v) is 2.20. The highest BCUT2D eigenvalue weighted by molar-refractivity contribution is 5.20. The number of nitrogens with one attached hydrogen (secondary N) is 1. The first-order chi connectivity index (χ1) is 4.79. The molecule has 0 unspecified atom stereocenters. The van der Waals surface area contributed by atoms with Gasteiger partial charge in [-0.15, -0.1) is 0 Å². The molecule has 1 aliphatic carbocycles. The van der Waals surface area contributed by atoms with Crippen LogP contribution in [-0.2, 0) is 0 Å². The second-order valence-corrected chi connectivity index (χ2v) is 3.66. The van der Waals surface area contributed by atoms with Crippen molar-refractivity contribution in [1.29, 1.82) is 0 Å². The molecule has 0 bridgehead atoms. The number of fused-ring (bicyclic) bond motifs is 1. The lowest BCUT2D eigenvalue weighted by molar-refractivity contribution is 0.152. The van der Waals surface area contributed by atoms with Crippen LogP contribution in [0, 0.1) is 10.8 Å². The summed E-state index contributed by atoms with van der Waals surface area (Å²) in [6.45, 7) is 2.20. The monoisotopic (exact) mass is 143 g/mol. The SMILES string of the molecule is OC[C@@]12CNC[C@]1(CO)C2. The van der Waals surface area contributed by atoms with Crippen LogP contribution in [0.5, 0.6) is 0 Å². The molecule has 1 saturated heterocycles. The van der Waals surface area contributed by atoms with Crippen molar-refractivity contribution >= 4 is 0 Å². The molecule has 0 aromatic heterocycles. The van der Waals surface area contributed by atoms with Gasteiger partial charge in [0.2, 0.25) is 0 Å². The van der Waals surface area contributed by atoms with E-state index in [1.54, 1.807) is 0 Å². The Kier molecular flexibility index (Phi) is 1.14. The molecule has 2 fully saturated rings. The lowest BCUT2D eigenvalue weighted by Crippen LogP contribution is -2.19. The molecule has 0 spiro atoms. The van der Waals surface area contributed by atoms with Gasteiger partial charge >= 0.3 is 0 Å². The summed E-state index contributed by atoms with van der Waals surface area (Å²) < 4.78 is 0. The molecular formula is C7H13NO2. The third kappa shape index (κ3) is 0.516. The molecule has 0 radical (unpaired) electrons. The smallest absolute Gasteiger partial charge is 0.0506 e. The largest absolute Gasteiger partial charge is 0.396 e. The minimum absolute atomic E-state index is 0.0434. The van der Waals surface area contributed by atoms with Crippen LogP contribution >= 0.6 is 0 Å². The molecule has 58 valence electrons. The molecule has 0 aromatic carbocycles. The second-order valence-electron chi connectivity index (χ2n) is 3.66. The molecule has 3 heteroatoms. The summed E-state index contributed by atoms with van der Waals surface area (Å²) in [6, 6.07) is 0. The fraction of sp³-hybridized carbons (Fsp3) is 1.00. The molecule has 3 nitrogen and oxygen atoms in total. The molecule has 2 aliphatic rings. The Hall–Kier alpha value is -0.120. The molecule has 3 N–H and O–H groups in total. The van der Waals surface area contributed by atoms with Crippen molar-refractivity contribution in [2.24, 2.45) is 10.8 Å². The van der Waals surface area contributed by atoms with E-state index in [0.29, 0.717) is 0 Å². The van der Waals surface area contributed by atoms with Gasteiger partial charge < -0.3 is 15.5 Å². The minimum atomic E-state index is 0.0434. The van der Waals surface area contributed by atoms with E-state index in [1.807, 2.05) is 0 Å². The Balaban J connectivity index is 2.15. The Morgan fingerprint density at radius 1 is 1.10 bits per heavy atom. The molecule has 1 saturated carbocycles. The summed E-state index contributed by atoms with van der Waals surface area (Å²) in [5, 5.41) is 21.2. The van der Waals surface area contributed by atoms with Crippen molar-refractivity contribution in [3.63, 3.8) is 0 Å². The number of rotatable bonds is 2. The van der Waals surface area contributed by atoms with Crippen molar-refractivity contribution in [3.8, 4) is 0 Å².